The molecule has 7 heteroatoms. The van der Waals surface area contributed by atoms with Crippen LogP contribution in [0.15, 0.2) is 48.5 Å². The molecule has 118 valence electrons. The van der Waals surface area contributed by atoms with Gasteiger partial charge in [-0.25, -0.2) is 9.37 Å². The molecule has 2 aromatic carbocycles. The largest absolute Gasteiger partial charge is 0.289 e. The molecule has 0 aliphatic rings. The highest BCUT2D eigenvalue weighted by Crippen LogP contribution is 2.19. The predicted molar refractivity (Wildman–Crippen MR) is 87.4 cm³/mol. The van der Waals surface area contributed by atoms with Crippen molar-refractivity contribution in [3.8, 4) is 0 Å². The van der Waals surface area contributed by atoms with Gasteiger partial charge in [0.2, 0.25) is 5.95 Å². The molecular formula is C17H12FN5O. The van der Waals surface area contributed by atoms with Crippen LogP contribution in [0, 0.1) is 12.7 Å². The number of aryl methyl sites for hydroxylation is 1. The highest BCUT2D eigenvalue weighted by molar-refractivity contribution is 6.03. The van der Waals surface area contributed by atoms with Crippen molar-refractivity contribution >= 4 is 28.4 Å². The highest BCUT2D eigenvalue weighted by Gasteiger charge is 2.13. The van der Waals surface area contributed by atoms with Crippen LogP contribution in [0.2, 0.25) is 0 Å². The van der Waals surface area contributed by atoms with Crippen LogP contribution >= 0.6 is 0 Å². The quantitative estimate of drug-likeness (QED) is 0.616. The van der Waals surface area contributed by atoms with E-state index in [0.717, 1.165) is 10.9 Å². The van der Waals surface area contributed by atoms with E-state index < -0.39 is 11.7 Å². The normalized spacial score (nSPS) is 11.1. The van der Waals surface area contributed by atoms with Gasteiger partial charge < -0.3 is 0 Å². The van der Waals surface area contributed by atoms with E-state index in [-0.39, 0.29) is 5.95 Å². The van der Waals surface area contributed by atoms with Crippen molar-refractivity contribution in [3.05, 3.63) is 65.7 Å². The zero-order chi connectivity index (χ0) is 16.7. The summed E-state index contributed by atoms with van der Waals surface area (Å²) in [5.41, 5.74) is 1.76. The van der Waals surface area contributed by atoms with E-state index in [1.807, 2.05) is 31.2 Å². The van der Waals surface area contributed by atoms with Crippen LogP contribution in [0.5, 0.6) is 0 Å². The van der Waals surface area contributed by atoms with Crippen molar-refractivity contribution in [2.75, 3.05) is 5.32 Å². The zero-order valence-corrected chi connectivity index (χ0v) is 12.7. The molecule has 0 fully saturated rings. The molecule has 0 aliphatic heterocycles. The summed E-state index contributed by atoms with van der Waals surface area (Å²) in [6.45, 7) is 1.82. The summed E-state index contributed by atoms with van der Waals surface area (Å²) in [6, 6.07) is 12.9. The van der Waals surface area contributed by atoms with Gasteiger partial charge in [-0.2, -0.15) is 9.50 Å². The number of aromatic nitrogens is 4. The fraction of sp³-hybridized carbons (Fsp3) is 0.0588. The number of para-hydroxylation sites is 1. The summed E-state index contributed by atoms with van der Waals surface area (Å²) in [6.07, 6.45) is 0. The molecule has 2 aromatic heterocycles. The lowest BCUT2D eigenvalue weighted by molar-refractivity contribution is 0.102. The predicted octanol–water partition coefficient (Wildman–Crippen LogP) is 2.98. The molecule has 0 bridgehead atoms. The van der Waals surface area contributed by atoms with Gasteiger partial charge >= 0.3 is 0 Å². The first-order valence-electron chi connectivity index (χ1n) is 7.31. The monoisotopic (exact) mass is 321 g/mol. The smallest absolute Gasteiger partial charge is 0.258 e. The second-order valence-electron chi connectivity index (χ2n) is 5.31. The van der Waals surface area contributed by atoms with Crippen LogP contribution in [0.4, 0.5) is 10.3 Å². The first-order valence-corrected chi connectivity index (χ1v) is 7.31. The molecule has 0 unspecified atom stereocenters. The van der Waals surface area contributed by atoms with Crippen LogP contribution in [-0.4, -0.2) is 25.5 Å². The number of halogens is 1. The summed E-state index contributed by atoms with van der Waals surface area (Å²) in [7, 11) is 0. The first kappa shape index (κ1) is 14.3. The van der Waals surface area contributed by atoms with Gasteiger partial charge in [0.15, 0.2) is 5.65 Å². The minimum atomic E-state index is -0.402. The Morgan fingerprint density at radius 2 is 1.83 bits per heavy atom. The van der Waals surface area contributed by atoms with Crippen LogP contribution in [0.25, 0.3) is 16.6 Å². The molecule has 2 heterocycles. The molecule has 24 heavy (non-hydrogen) atoms. The second-order valence-corrected chi connectivity index (χ2v) is 5.31. The molecule has 0 radical (unpaired) electrons. The summed E-state index contributed by atoms with van der Waals surface area (Å²) < 4.78 is 14.5. The van der Waals surface area contributed by atoms with Gasteiger partial charge in [-0.15, -0.1) is 5.10 Å². The van der Waals surface area contributed by atoms with E-state index in [1.165, 1.54) is 24.3 Å². The Hall–Kier alpha value is -3.35. The van der Waals surface area contributed by atoms with Crippen molar-refractivity contribution in [3.63, 3.8) is 0 Å². The van der Waals surface area contributed by atoms with Gasteiger partial charge in [0.1, 0.15) is 11.6 Å². The minimum absolute atomic E-state index is 0.172. The maximum absolute atomic E-state index is 12.9. The lowest BCUT2D eigenvalue weighted by Crippen LogP contribution is -2.13. The number of nitrogens with zero attached hydrogens (tertiary/aromatic N) is 4. The van der Waals surface area contributed by atoms with Crippen molar-refractivity contribution in [1.82, 2.24) is 19.6 Å². The molecule has 6 nitrogen and oxygen atoms in total. The summed E-state index contributed by atoms with van der Waals surface area (Å²) >= 11 is 0. The number of hydrogen-bond acceptors (Lipinski definition) is 4. The Morgan fingerprint density at radius 1 is 1.08 bits per heavy atom. The maximum Gasteiger partial charge on any atom is 0.258 e. The van der Waals surface area contributed by atoms with Crippen molar-refractivity contribution in [2.24, 2.45) is 0 Å². The Labute approximate surface area is 136 Å². The van der Waals surface area contributed by atoms with E-state index in [1.54, 1.807) is 4.52 Å². The number of fused-ring (bicyclic) bond motifs is 3. The van der Waals surface area contributed by atoms with Crippen LogP contribution < -0.4 is 5.32 Å². The summed E-state index contributed by atoms with van der Waals surface area (Å²) in [5.74, 6) is 0.0375. The summed E-state index contributed by atoms with van der Waals surface area (Å²) in [4.78, 5) is 21.1. The molecule has 4 rings (SSSR count). The molecule has 0 saturated carbocycles. The molecule has 1 N–H and O–H groups in total. The van der Waals surface area contributed by atoms with Gasteiger partial charge in [-0.05, 0) is 43.3 Å². The maximum atomic E-state index is 12.9. The Kier molecular flexibility index (Phi) is 3.19. The second kappa shape index (κ2) is 5.38. The number of carbonyl (C=O) groups excluding carboxylic acids is 1. The standard InChI is InChI=1S/C17H12FN5O/c1-10-19-14-5-3-2-4-13(14)15-20-17(22-23(10)15)21-16(24)11-6-8-12(18)9-7-11/h2-9H,1H3,(H,21,22,24). The molecule has 0 spiro atoms. The minimum Gasteiger partial charge on any atom is -0.289 e. The van der Waals surface area contributed by atoms with Gasteiger partial charge in [-0.1, -0.05) is 12.1 Å². The van der Waals surface area contributed by atoms with Gasteiger partial charge in [0.05, 0.1) is 5.52 Å². The third-order valence-corrected chi connectivity index (χ3v) is 3.67. The van der Waals surface area contributed by atoms with E-state index in [9.17, 15) is 9.18 Å². The average Bonchev–Trinajstić information content (AvgIpc) is 3.00. The number of amides is 1. The SMILES string of the molecule is Cc1nc2ccccc2c2nc(NC(=O)c3ccc(F)cc3)nn12. The van der Waals surface area contributed by atoms with Gasteiger partial charge in [0.25, 0.3) is 5.91 Å². The van der Waals surface area contributed by atoms with E-state index >= 15 is 0 Å². The molecule has 4 aromatic rings. The third kappa shape index (κ3) is 2.36. The third-order valence-electron chi connectivity index (χ3n) is 3.67. The zero-order valence-electron chi connectivity index (χ0n) is 12.7. The fourth-order valence-electron chi connectivity index (χ4n) is 2.52. The van der Waals surface area contributed by atoms with Crippen LogP contribution in [0.1, 0.15) is 16.2 Å². The highest BCUT2D eigenvalue weighted by atomic mass is 19.1. The number of nitrogens with one attached hydrogen (secondary N) is 1. The number of benzene rings is 2. The molecule has 0 saturated heterocycles. The Morgan fingerprint density at radius 3 is 2.62 bits per heavy atom. The topological polar surface area (TPSA) is 72.2 Å². The number of carbonyl (C=O) groups is 1. The van der Waals surface area contributed by atoms with E-state index in [4.69, 9.17) is 0 Å². The van der Waals surface area contributed by atoms with Crippen molar-refractivity contribution in [2.45, 2.75) is 6.92 Å². The molecular weight excluding hydrogens is 309 g/mol. The fourth-order valence-corrected chi connectivity index (χ4v) is 2.52. The van der Waals surface area contributed by atoms with E-state index in [2.05, 4.69) is 20.4 Å². The Bertz CT molecular complexity index is 1070. The Balaban J connectivity index is 1.75. The number of rotatable bonds is 2. The van der Waals surface area contributed by atoms with Crippen molar-refractivity contribution in [1.29, 1.82) is 0 Å². The van der Waals surface area contributed by atoms with Gasteiger partial charge in [-0.3, -0.25) is 10.1 Å². The van der Waals surface area contributed by atoms with Crippen molar-refractivity contribution < 1.29 is 9.18 Å². The van der Waals surface area contributed by atoms with Crippen LogP contribution in [0.3, 0.4) is 0 Å². The lowest BCUT2D eigenvalue weighted by Gasteiger charge is -2.01. The number of hydrogen-bond donors (Lipinski definition) is 1. The summed E-state index contributed by atoms with van der Waals surface area (Å²) in [5, 5.41) is 7.75. The first-order chi connectivity index (χ1) is 11.6. The molecule has 0 aliphatic carbocycles. The average molecular weight is 321 g/mol. The van der Waals surface area contributed by atoms with Gasteiger partial charge in [0, 0.05) is 10.9 Å². The van der Waals surface area contributed by atoms with Crippen LogP contribution in [-0.2, 0) is 0 Å². The van der Waals surface area contributed by atoms with E-state index in [0.29, 0.717) is 17.0 Å². The lowest BCUT2D eigenvalue weighted by atomic mass is 10.2. The molecule has 1 amide bonds. The molecule has 0 atom stereocenters. The number of anilines is 1.